The maximum absolute atomic E-state index is 11.3. The van der Waals surface area contributed by atoms with Gasteiger partial charge in [0.25, 0.3) is 0 Å². The zero-order valence-electron chi connectivity index (χ0n) is 10.5. The summed E-state index contributed by atoms with van der Waals surface area (Å²) < 4.78 is 10.0. The first kappa shape index (κ1) is 12.7. The van der Waals surface area contributed by atoms with E-state index in [-0.39, 0.29) is 12.6 Å². The van der Waals surface area contributed by atoms with Crippen molar-refractivity contribution in [1.29, 1.82) is 0 Å². The molecule has 5 heteroatoms. The van der Waals surface area contributed by atoms with E-state index >= 15 is 0 Å². The fourth-order valence-corrected chi connectivity index (χ4v) is 2.01. The van der Waals surface area contributed by atoms with E-state index in [0.29, 0.717) is 24.5 Å². The Morgan fingerprint density at radius 2 is 2.33 bits per heavy atom. The predicted molar refractivity (Wildman–Crippen MR) is 65.6 cm³/mol. The summed E-state index contributed by atoms with van der Waals surface area (Å²) in [6.45, 7) is 3.07. The molecule has 1 N–H and O–H groups in total. The summed E-state index contributed by atoms with van der Waals surface area (Å²) in [6, 6.07) is 5.60. The molecule has 5 nitrogen and oxygen atoms in total. The van der Waals surface area contributed by atoms with Gasteiger partial charge in [-0.15, -0.1) is 0 Å². The molecule has 0 aliphatic carbocycles. The molecular weight excluding hydrogens is 234 g/mol. The lowest BCUT2D eigenvalue weighted by molar-refractivity contribution is 0.117. The maximum Gasteiger partial charge on any atom is 0.410 e. The SMILES string of the molecule is COc1ccc(C)cc1C(O)CN1CCOC1=O. The van der Waals surface area contributed by atoms with Crippen LogP contribution in [0.4, 0.5) is 4.79 Å². The van der Waals surface area contributed by atoms with Crippen LogP contribution < -0.4 is 4.74 Å². The number of hydrogen-bond donors (Lipinski definition) is 1. The van der Waals surface area contributed by atoms with Crippen LogP contribution in [0.25, 0.3) is 0 Å². The number of rotatable bonds is 4. The number of aliphatic hydroxyl groups is 1. The summed E-state index contributed by atoms with van der Waals surface area (Å²) in [5.41, 5.74) is 1.73. The molecule has 1 heterocycles. The molecule has 1 fully saturated rings. The minimum absolute atomic E-state index is 0.221. The lowest BCUT2D eigenvalue weighted by Gasteiger charge is -2.20. The minimum atomic E-state index is -0.773. The summed E-state index contributed by atoms with van der Waals surface area (Å²) in [5, 5.41) is 10.2. The number of carbonyl (C=O) groups excluding carboxylic acids is 1. The third-order valence-electron chi connectivity index (χ3n) is 2.98. The number of amides is 1. The maximum atomic E-state index is 11.3. The zero-order chi connectivity index (χ0) is 13.1. The lowest BCUT2D eigenvalue weighted by atomic mass is 10.0. The Hall–Kier alpha value is -1.75. The summed E-state index contributed by atoms with van der Waals surface area (Å²) in [5.74, 6) is 0.626. The standard InChI is InChI=1S/C13H17NO4/c1-9-3-4-12(17-2)10(7-9)11(15)8-14-5-6-18-13(14)16/h3-4,7,11,15H,5-6,8H2,1-2H3. The molecule has 1 unspecified atom stereocenters. The van der Waals surface area contributed by atoms with Gasteiger partial charge in [-0.25, -0.2) is 4.79 Å². The molecule has 0 spiro atoms. The van der Waals surface area contributed by atoms with E-state index in [1.807, 2.05) is 25.1 Å². The average molecular weight is 251 g/mol. The van der Waals surface area contributed by atoms with E-state index < -0.39 is 6.10 Å². The predicted octanol–water partition coefficient (Wildman–Crippen LogP) is 1.49. The molecule has 18 heavy (non-hydrogen) atoms. The largest absolute Gasteiger partial charge is 0.496 e. The first-order chi connectivity index (χ1) is 8.61. The van der Waals surface area contributed by atoms with Gasteiger partial charge in [-0.05, 0) is 19.1 Å². The van der Waals surface area contributed by atoms with Crippen LogP contribution in [0.5, 0.6) is 5.75 Å². The summed E-state index contributed by atoms with van der Waals surface area (Å²) >= 11 is 0. The van der Waals surface area contributed by atoms with Crippen molar-refractivity contribution in [3.8, 4) is 5.75 Å². The highest BCUT2D eigenvalue weighted by Crippen LogP contribution is 2.27. The second-order valence-corrected chi connectivity index (χ2v) is 4.32. The van der Waals surface area contributed by atoms with Crippen molar-refractivity contribution in [2.24, 2.45) is 0 Å². The number of nitrogens with zero attached hydrogens (tertiary/aromatic N) is 1. The molecule has 1 aliphatic heterocycles. The van der Waals surface area contributed by atoms with Crippen LogP contribution in [0.1, 0.15) is 17.2 Å². The van der Waals surface area contributed by atoms with Gasteiger partial charge in [-0.1, -0.05) is 11.6 Å². The van der Waals surface area contributed by atoms with E-state index in [0.717, 1.165) is 5.56 Å². The van der Waals surface area contributed by atoms with Gasteiger partial charge in [0.15, 0.2) is 0 Å². The van der Waals surface area contributed by atoms with Crippen LogP contribution in [-0.4, -0.2) is 42.9 Å². The van der Waals surface area contributed by atoms with Crippen LogP contribution in [0.2, 0.25) is 0 Å². The Kier molecular flexibility index (Phi) is 3.72. The second-order valence-electron chi connectivity index (χ2n) is 4.32. The van der Waals surface area contributed by atoms with Crippen molar-refractivity contribution in [3.05, 3.63) is 29.3 Å². The third-order valence-corrected chi connectivity index (χ3v) is 2.98. The number of ether oxygens (including phenoxy) is 2. The van der Waals surface area contributed by atoms with E-state index in [1.165, 1.54) is 4.90 Å². The van der Waals surface area contributed by atoms with E-state index in [1.54, 1.807) is 7.11 Å². The Bertz CT molecular complexity index is 447. The topological polar surface area (TPSA) is 59.0 Å². The number of hydrogen-bond acceptors (Lipinski definition) is 4. The number of aliphatic hydroxyl groups excluding tert-OH is 1. The molecule has 1 aromatic rings. The minimum Gasteiger partial charge on any atom is -0.496 e. The van der Waals surface area contributed by atoms with Crippen molar-refractivity contribution >= 4 is 6.09 Å². The van der Waals surface area contributed by atoms with Crippen LogP contribution in [0, 0.1) is 6.92 Å². The van der Waals surface area contributed by atoms with Crippen LogP contribution in [0.3, 0.4) is 0 Å². The van der Waals surface area contributed by atoms with Crippen molar-refractivity contribution < 1.29 is 19.4 Å². The Morgan fingerprint density at radius 1 is 1.56 bits per heavy atom. The smallest absolute Gasteiger partial charge is 0.410 e. The molecule has 1 amide bonds. The fourth-order valence-electron chi connectivity index (χ4n) is 2.01. The van der Waals surface area contributed by atoms with E-state index in [2.05, 4.69) is 0 Å². The molecular formula is C13H17NO4. The Labute approximate surface area is 106 Å². The molecule has 1 saturated heterocycles. The van der Waals surface area contributed by atoms with Gasteiger partial charge >= 0.3 is 6.09 Å². The van der Waals surface area contributed by atoms with Gasteiger partial charge in [0.05, 0.1) is 20.2 Å². The van der Waals surface area contributed by atoms with Crippen molar-refractivity contribution in [2.75, 3.05) is 26.8 Å². The zero-order valence-corrected chi connectivity index (χ0v) is 10.5. The van der Waals surface area contributed by atoms with Crippen molar-refractivity contribution in [1.82, 2.24) is 4.90 Å². The van der Waals surface area contributed by atoms with Crippen molar-refractivity contribution in [3.63, 3.8) is 0 Å². The van der Waals surface area contributed by atoms with Gasteiger partial charge in [-0.3, -0.25) is 0 Å². The number of aryl methyl sites for hydroxylation is 1. The van der Waals surface area contributed by atoms with Gasteiger partial charge in [0.1, 0.15) is 18.5 Å². The van der Waals surface area contributed by atoms with E-state index in [9.17, 15) is 9.90 Å². The summed E-state index contributed by atoms with van der Waals surface area (Å²) in [6.07, 6.45) is -1.15. The molecule has 1 aliphatic rings. The normalized spacial score (nSPS) is 16.6. The molecule has 0 saturated carbocycles. The Morgan fingerprint density at radius 3 is 2.94 bits per heavy atom. The number of β-amino-alcohol motifs (C(OH)–C–C–N with tert-alkyl or cyclic N) is 1. The number of benzene rings is 1. The highest BCUT2D eigenvalue weighted by atomic mass is 16.6. The molecule has 0 aromatic heterocycles. The van der Waals surface area contributed by atoms with Gasteiger partial charge in [0.2, 0.25) is 0 Å². The highest BCUT2D eigenvalue weighted by Gasteiger charge is 2.26. The monoisotopic (exact) mass is 251 g/mol. The van der Waals surface area contributed by atoms with Crippen LogP contribution in [-0.2, 0) is 4.74 Å². The second kappa shape index (κ2) is 5.27. The van der Waals surface area contributed by atoms with Gasteiger partial charge in [-0.2, -0.15) is 0 Å². The summed E-state index contributed by atoms with van der Waals surface area (Å²) in [7, 11) is 1.56. The first-order valence-electron chi connectivity index (χ1n) is 5.86. The molecule has 2 rings (SSSR count). The first-order valence-corrected chi connectivity index (χ1v) is 5.86. The third kappa shape index (κ3) is 2.56. The summed E-state index contributed by atoms with van der Waals surface area (Å²) in [4.78, 5) is 12.8. The van der Waals surface area contributed by atoms with Gasteiger partial charge < -0.3 is 19.5 Å². The molecule has 0 radical (unpaired) electrons. The highest BCUT2D eigenvalue weighted by molar-refractivity contribution is 5.69. The molecule has 0 bridgehead atoms. The number of carbonyl (C=O) groups is 1. The fraction of sp³-hybridized carbons (Fsp3) is 0.462. The van der Waals surface area contributed by atoms with Crippen LogP contribution >= 0.6 is 0 Å². The average Bonchev–Trinajstić information content (AvgIpc) is 2.75. The quantitative estimate of drug-likeness (QED) is 0.880. The molecule has 1 atom stereocenters. The molecule has 1 aromatic carbocycles. The van der Waals surface area contributed by atoms with E-state index in [4.69, 9.17) is 9.47 Å². The van der Waals surface area contributed by atoms with Crippen molar-refractivity contribution in [2.45, 2.75) is 13.0 Å². The van der Waals surface area contributed by atoms with Gasteiger partial charge in [0, 0.05) is 5.56 Å². The Balaban J connectivity index is 2.14. The van der Waals surface area contributed by atoms with Crippen LogP contribution in [0.15, 0.2) is 18.2 Å². The lowest BCUT2D eigenvalue weighted by Crippen LogP contribution is -2.29. The molecule has 98 valence electrons. The number of cyclic esters (lactones) is 1. The number of methoxy groups -OCH3 is 1.